The molecule has 0 radical (unpaired) electrons. The van der Waals surface area contributed by atoms with Crippen LogP contribution in [-0.4, -0.2) is 11.7 Å². The predicted octanol–water partition coefficient (Wildman–Crippen LogP) is 2.44. The molecule has 0 aliphatic heterocycles. The molecule has 0 aliphatic rings. The Hall–Kier alpha value is 0.350. The summed E-state index contributed by atoms with van der Waals surface area (Å²) >= 11 is 5.67. The van der Waals surface area contributed by atoms with Crippen LogP contribution in [0.25, 0.3) is 0 Å². The second-order valence-electron chi connectivity index (χ2n) is 2.79. The maximum absolute atomic E-state index is 8.73. The van der Waals surface area contributed by atoms with Crippen molar-refractivity contribution in [2.24, 2.45) is 5.73 Å². The highest BCUT2D eigenvalue weighted by atomic mass is 127. The van der Waals surface area contributed by atoms with Crippen molar-refractivity contribution in [3.05, 3.63) is 31.8 Å². The number of aliphatic hydroxyl groups is 1. The van der Waals surface area contributed by atoms with E-state index in [1.165, 1.54) is 0 Å². The van der Waals surface area contributed by atoms with E-state index in [0.29, 0.717) is 6.42 Å². The third-order valence-corrected chi connectivity index (χ3v) is 4.14. The lowest BCUT2D eigenvalue weighted by molar-refractivity contribution is 0.276. The lowest BCUT2D eigenvalue weighted by Crippen LogP contribution is -2.11. The van der Waals surface area contributed by atoms with Gasteiger partial charge in [-0.15, -0.1) is 0 Å². The summed E-state index contributed by atoms with van der Waals surface area (Å²) in [6.45, 7) is 0.133. The van der Waals surface area contributed by atoms with E-state index in [1.54, 1.807) is 0 Å². The van der Waals surface area contributed by atoms with Gasteiger partial charge in [0, 0.05) is 20.7 Å². The minimum absolute atomic E-state index is 0.0633. The van der Waals surface area contributed by atoms with E-state index in [-0.39, 0.29) is 12.6 Å². The molecule has 0 aromatic heterocycles. The standard InChI is InChI=1S/C9H11BrINO/c10-7-2-1-6(5-8(7)11)9(12)3-4-13/h1-2,5,9,13H,3-4,12H2. The van der Waals surface area contributed by atoms with Crippen LogP contribution in [0, 0.1) is 3.57 Å². The maximum Gasteiger partial charge on any atom is 0.0449 e. The molecule has 1 rings (SSSR count). The quantitative estimate of drug-likeness (QED) is 0.818. The van der Waals surface area contributed by atoms with Crippen molar-refractivity contribution in [1.82, 2.24) is 0 Å². The molecule has 0 saturated heterocycles. The van der Waals surface area contributed by atoms with Gasteiger partial charge in [-0.3, -0.25) is 0 Å². The van der Waals surface area contributed by atoms with Crippen LogP contribution in [0.3, 0.4) is 0 Å². The van der Waals surface area contributed by atoms with E-state index in [4.69, 9.17) is 10.8 Å². The van der Waals surface area contributed by atoms with Gasteiger partial charge < -0.3 is 10.8 Å². The largest absolute Gasteiger partial charge is 0.396 e. The van der Waals surface area contributed by atoms with E-state index < -0.39 is 0 Å². The van der Waals surface area contributed by atoms with Gasteiger partial charge >= 0.3 is 0 Å². The Labute approximate surface area is 99.8 Å². The smallest absolute Gasteiger partial charge is 0.0449 e. The predicted molar refractivity (Wildman–Crippen MR) is 65.5 cm³/mol. The number of nitrogens with two attached hydrogens (primary N) is 1. The van der Waals surface area contributed by atoms with Gasteiger partial charge in [0.1, 0.15) is 0 Å². The van der Waals surface area contributed by atoms with Crippen molar-refractivity contribution < 1.29 is 5.11 Å². The van der Waals surface area contributed by atoms with Crippen molar-refractivity contribution in [1.29, 1.82) is 0 Å². The molecule has 1 unspecified atom stereocenters. The topological polar surface area (TPSA) is 46.2 Å². The number of benzene rings is 1. The summed E-state index contributed by atoms with van der Waals surface area (Å²) in [5.74, 6) is 0. The van der Waals surface area contributed by atoms with E-state index in [1.807, 2.05) is 18.2 Å². The molecular formula is C9H11BrINO. The highest BCUT2D eigenvalue weighted by Gasteiger charge is 2.06. The van der Waals surface area contributed by atoms with Gasteiger partial charge in [0.05, 0.1) is 0 Å². The monoisotopic (exact) mass is 355 g/mol. The van der Waals surface area contributed by atoms with Crippen LogP contribution in [0.5, 0.6) is 0 Å². The van der Waals surface area contributed by atoms with E-state index in [9.17, 15) is 0 Å². The van der Waals surface area contributed by atoms with E-state index in [2.05, 4.69) is 38.5 Å². The second kappa shape index (κ2) is 5.29. The number of hydrogen-bond acceptors (Lipinski definition) is 2. The first-order chi connectivity index (χ1) is 6.15. The van der Waals surface area contributed by atoms with Crippen LogP contribution in [-0.2, 0) is 0 Å². The Morgan fingerprint density at radius 2 is 2.23 bits per heavy atom. The molecule has 1 aromatic rings. The second-order valence-corrected chi connectivity index (χ2v) is 4.81. The molecule has 72 valence electrons. The molecule has 2 nitrogen and oxygen atoms in total. The summed E-state index contributed by atoms with van der Waals surface area (Å²) in [6, 6.07) is 5.93. The number of aliphatic hydroxyl groups excluding tert-OH is 1. The Bertz CT molecular complexity index is 293. The first-order valence-electron chi connectivity index (χ1n) is 3.96. The van der Waals surface area contributed by atoms with Crippen molar-refractivity contribution >= 4 is 38.5 Å². The zero-order valence-electron chi connectivity index (χ0n) is 7.00. The van der Waals surface area contributed by atoms with Gasteiger partial charge in [0.25, 0.3) is 0 Å². The summed E-state index contributed by atoms with van der Waals surface area (Å²) in [5.41, 5.74) is 6.92. The summed E-state index contributed by atoms with van der Waals surface area (Å²) in [4.78, 5) is 0. The van der Waals surface area contributed by atoms with Gasteiger partial charge in [0.2, 0.25) is 0 Å². The SMILES string of the molecule is NC(CCO)c1ccc(Br)c(I)c1. The molecule has 1 atom stereocenters. The van der Waals surface area contributed by atoms with Gasteiger partial charge in [-0.05, 0) is 62.6 Å². The molecule has 0 heterocycles. The van der Waals surface area contributed by atoms with Crippen LogP contribution in [0.1, 0.15) is 18.0 Å². The minimum atomic E-state index is -0.0633. The Kier molecular flexibility index (Phi) is 4.64. The van der Waals surface area contributed by atoms with Crippen LogP contribution in [0.15, 0.2) is 22.7 Å². The van der Waals surface area contributed by atoms with E-state index in [0.717, 1.165) is 13.6 Å². The number of halogens is 2. The summed E-state index contributed by atoms with van der Waals surface area (Å²) < 4.78 is 2.22. The fourth-order valence-electron chi connectivity index (χ4n) is 1.05. The first kappa shape index (κ1) is 11.4. The molecule has 0 fully saturated rings. The molecule has 0 saturated carbocycles. The minimum Gasteiger partial charge on any atom is -0.396 e. The van der Waals surface area contributed by atoms with Gasteiger partial charge in [-0.25, -0.2) is 0 Å². The number of rotatable bonds is 3. The fraction of sp³-hybridized carbons (Fsp3) is 0.333. The molecule has 0 aliphatic carbocycles. The highest BCUT2D eigenvalue weighted by molar-refractivity contribution is 14.1. The van der Waals surface area contributed by atoms with Crippen LogP contribution < -0.4 is 5.73 Å². The molecule has 0 amide bonds. The van der Waals surface area contributed by atoms with Crippen LogP contribution in [0.4, 0.5) is 0 Å². The van der Waals surface area contributed by atoms with E-state index >= 15 is 0 Å². The third kappa shape index (κ3) is 3.19. The summed E-state index contributed by atoms with van der Waals surface area (Å²) in [7, 11) is 0. The lowest BCUT2D eigenvalue weighted by atomic mass is 10.1. The molecule has 3 N–H and O–H groups in total. The van der Waals surface area contributed by atoms with Crippen molar-refractivity contribution in [3.8, 4) is 0 Å². The summed E-state index contributed by atoms with van der Waals surface area (Å²) in [5, 5.41) is 8.73. The zero-order chi connectivity index (χ0) is 9.84. The summed E-state index contributed by atoms with van der Waals surface area (Å²) in [6.07, 6.45) is 0.609. The molecule has 0 bridgehead atoms. The van der Waals surface area contributed by atoms with Crippen molar-refractivity contribution in [3.63, 3.8) is 0 Å². The molecular weight excluding hydrogens is 345 g/mol. The zero-order valence-corrected chi connectivity index (χ0v) is 10.7. The number of hydrogen-bond donors (Lipinski definition) is 2. The molecule has 13 heavy (non-hydrogen) atoms. The Morgan fingerprint density at radius 1 is 1.54 bits per heavy atom. The normalized spacial score (nSPS) is 12.9. The van der Waals surface area contributed by atoms with Crippen molar-refractivity contribution in [2.75, 3.05) is 6.61 Å². The average Bonchev–Trinajstić information content (AvgIpc) is 2.10. The van der Waals surface area contributed by atoms with Gasteiger partial charge in [-0.1, -0.05) is 6.07 Å². The van der Waals surface area contributed by atoms with Gasteiger partial charge in [0.15, 0.2) is 0 Å². The Morgan fingerprint density at radius 3 is 2.77 bits per heavy atom. The van der Waals surface area contributed by atoms with Crippen LogP contribution in [0.2, 0.25) is 0 Å². The van der Waals surface area contributed by atoms with Crippen LogP contribution >= 0.6 is 38.5 Å². The average molecular weight is 356 g/mol. The lowest BCUT2D eigenvalue weighted by Gasteiger charge is -2.10. The third-order valence-electron chi connectivity index (χ3n) is 1.81. The Balaban J connectivity index is 2.84. The molecule has 0 spiro atoms. The maximum atomic E-state index is 8.73. The van der Waals surface area contributed by atoms with Gasteiger partial charge in [-0.2, -0.15) is 0 Å². The highest BCUT2D eigenvalue weighted by Crippen LogP contribution is 2.23. The fourth-order valence-corrected chi connectivity index (χ4v) is 1.83. The molecule has 4 heteroatoms. The first-order valence-corrected chi connectivity index (χ1v) is 5.83. The molecule has 1 aromatic carbocycles. The van der Waals surface area contributed by atoms with Crippen molar-refractivity contribution in [2.45, 2.75) is 12.5 Å².